The van der Waals surface area contributed by atoms with Crippen molar-refractivity contribution in [2.45, 2.75) is 25.8 Å². The maximum atomic E-state index is 10.8. The number of carboxylic acids is 1. The number of carboxylic acid groups (broad SMARTS) is 1. The molecule has 0 aliphatic carbocycles. The molecule has 5 nitrogen and oxygen atoms in total. The Balaban J connectivity index is 3.55. The first kappa shape index (κ1) is 13.4. The number of hydrogen-bond donors (Lipinski definition) is 2. The third-order valence-corrected chi connectivity index (χ3v) is 2.72. The third kappa shape index (κ3) is 9.47. The normalized spacial score (nSPS) is 13.9. The van der Waals surface area contributed by atoms with Crippen molar-refractivity contribution < 1.29 is 18.3 Å². The number of rotatable bonds is 7. The van der Waals surface area contributed by atoms with E-state index in [0.29, 0.717) is 13.0 Å². The first-order valence-corrected chi connectivity index (χ1v) is 6.50. The van der Waals surface area contributed by atoms with E-state index in [1.54, 1.807) is 6.92 Å². The van der Waals surface area contributed by atoms with Crippen LogP contribution in [0.3, 0.4) is 0 Å². The summed E-state index contributed by atoms with van der Waals surface area (Å²) in [6.07, 6.45) is 1.81. The Labute approximate surface area is 84.4 Å². The Bertz CT molecular complexity index is 273. The molecule has 0 aliphatic rings. The molecular formula is C8H17NO4S. The largest absolute Gasteiger partial charge is 0.481 e. The number of aliphatic carboxylic acids is 1. The zero-order chi connectivity index (χ0) is 11.2. The zero-order valence-corrected chi connectivity index (χ0v) is 9.30. The van der Waals surface area contributed by atoms with Crippen LogP contribution in [0.4, 0.5) is 0 Å². The smallest absolute Gasteiger partial charge is 0.303 e. The van der Waals surface area contributed by atoms with Gasteiger partial charge in [0.05, 0.1) is 5.75 Å². The van der Waals surface area contributed by atoms with E-state index < -0.39 is 15.8 Å². The standard InChI is InChI=1S/C8H17NO4S/c1-7(6-14(2,12)13)9-5-3-4-8(10)11/h7,9H,3-6H2,1-2H3,(H,10,11). The van der Waals surface area contributed by atoms with E-state index in [1.165, 1.54) is 6.26 Å². The maximum absolute atomic E-state index is 10.8. The van der Waals surface area contributed by atoms with Crippen molar-refractivity contribution in [3.8, 4) is 0 Å². The molecule has 0 amide bonds. The Morgan fingerprint density at radius 2 is 2.07 bits per heavy atom. The van der Waals surface area contributed by atoms with Crippen LogP contribution >= 0.6 is 0 Å². The average molecular weight is 223 g/mol. The number of hydrogen-bond acceptors (Lipinski definition) is 4. The first-order valence-electron chi connectivity index (χ1n) is 4.44. The highest BCUT2D eigenvalue weighted by Crippen LogP contribution is 1.92. The van der Waals surface area contributed by atoms with Gasteiger partial charge in [0.25, 0.3) is 0 Å². The molecular weight excluding hydrogens is 206 g/mol. The molecule has 0 fully saturated rings. The van der Waals surface area contributed by atoms with Crippen LogP contribution in [0, 0.1) is 0 Å². The molecule has 0 saturated carbocycles. The maximum Gasteiger partial charge on any atom is 0.303 e. The second-order valence-corrected chi connectivity index (χ2v) is 5.63. The number of sulfone groups is 1. The summed E-state index contributed by atoms with van der Waals surface area (Å²) in [5, 5.41) is 11.3. The topological polar surface area (TPSA) is 83.5 Å². The van der Waals surface area contributed by atoms with Gasteiger partial charge in [0.1, 0.15) is 9.84 Å². The second kappa shape index (κ2) is 5.98. The van der Waals surface area contributed by atoms with Crippen molar-refractivity contribution in [2.75, 3.05) is 18.6 Å². The molecule has 1 unspecified atom stereocenters. The molecule has 0 heterocycles. The fraction of sp³-hybridized carbons (Fsp3) is 0.875. The van der Waals surface area contributed by atoms with Gasteiger partial charge in [-0.1, -0.05) is 0 Å². The number of carbonyl (C=O) groups is 1. The lowest BCUT2D eigenvalue weighted by molar-refractivity contribution is -0.137. The zero-order valence-electron chi connectivity index (χ0n) is 8.49. The summed E-state index contributed by atoms with van der Waals surface area (Å²) in [5.74, 6) is -0.748. The Kier molecular flexibility index (Phi) is 5.71. The van der Waals surface area contributed by atoms with Crippen LogP contribution in [0.2, 0.25) is 0 Å². The lowest BCUT2D eigenvalue weighted by atomic mass is 10.3. The molecule has 0 aromatic heterocycles. The van der Waals surface area contributed by atoms with E-state index in [1.807, 2.05) is 0 Å². The van der Waals surface area contributed by atoms with Crippen LogP contribution in [0.1, 0.15) is 19.8 Å². The van der Waals surface area contributed by atoms with Gasteiger partial charge in [0.2, 0.25) is 0 Å². The summed E-state index contributed by atoms with van der Waals surface area (Å²) in [4.78, 5) is 10.1. The Morgan fingerprint density at radius 1 is 1.50 bits per heavy atom. The van der Waals surface area contributed by atoms with Gasteiger partial charge < -0.3 is 10.4 Å². The fourth-order valence-electron chi connectivity index (χ4n) is 1.10. The third-order valence-electron chi connectivity index (χ3n) is 1.61. The highest BCUT2D eigenvalue weighted by molar-refractivity contribution is 7.90. The van der Waals surface area contributed by atoms with Crippen LogP contribution in [-0.2, 0) is 14.6 Å². The second-order valence-electron chi connectivity index (χ2n) is 3.44. The first-order chi connectivity index (χ1) is 6.31. The van der Waals surface area contributed by atoms with E-state index in [4.69, 9.17) is 5.11 Å². The van der Waals surface area contributed by atoms with Gasteiger partial charge in [-0.05, 0) is 19.9 Å². The Morgan fingerprint density at radius 3 is 2.50 bits per heavy atom. The summed E-state index contributed by atoms with van der Waals surface area (Å²) < 4.78 is 21.7. The molecule has 2 N–H and O–H groups in total. The molecule has 0 aromatic rings. The predicted octanol–water partition coefficient (Wildman–Crippen LogP) is -0.126. The van der Waals surface area contributed by atoms with E-state index in [-0.39, 0.29) is 18.2 Å². The summed E-state index contributed by atoms with van der Waals surface area (Å²) in [6.45, 7) is 2.30. The lowest BCUT2D eigenvalue weighted by Gasteiger charge is -2.11. The van der Waals surface area contributed by atoms with Crippen molar-refractivity contribution in [3.05, 3.63) is 0 Å². The van der Waals surface area contributed by atoms with Crippen molar-refractivity contribution in [1.82, 2.24) is 5.32 Å². The molecule has 0 spiro atoms. The summed E-state index contributed by atoms with van der Waals surface area (Å²) in [6, 6.07) is -0.126. The molecule has 0 aromatic carbocycles. The van der Waals surface area contributed by atoms with E-state index in [9.17, 15) is 13.2 Å². The van der Waals surface area contributed by atoms with Crippen molar-refractivity contribution in [2.24, 2.45) is 0 Å². The van der Waals surface area contributed by atoms with Gasteiger partial charge in [-0.15, -0.1) is 0 Å². The molecule has 0 radical (unpaired) electrons. The Hall–Kier alpha value is -0.620. The minimum atomic E-state index is -2.96. The van der Waals surface area contributed by atoms with Gasteiger partial charge in [-0.25, -0.2) is 8.42 Å². The van der Waals surface area contributed by atoms with Crippen LogP contribution in [0.25, 0.3) is 0 Å². The highest BCUT2D eigenvalue weighted by Gasteiger charge is 2.09. The molecule has 6 heteroatoms. The van der Waals surface area contributed by atoms with Crippen molar-refractivity contribution >= 4 is 15.8 Å². The minimum Gasteiger partial charge on any atom is -0.481 e. The highest BCUT2D eigenvalue weighted by atomic mass is 32.2. The SMILES string of the molecule is CC(CS(C)(=O)=O)NCCCC(=O)O. The molecule has 1 atom stereocenters. The molecule has 0 aliphatic heterocycles. The van der Waals surface area contributed by atoms with Gasteiger partial charge in [0, 0.05) is 18.7 Å². The summed E-state index contributed by atoms with van der Waals surface area (Å²) in [7, 11) is -2.96. The summed E-state index contributed by atoms with van der Waals surface area (Å²) >= 11 is 0. The van der Waals surface area contributed by atoms with E-state index in [2.05, 4.69) is 5.32 Å². The van der Waals surface area contributed by atoms with Gasteiger partial charge in [0.15, 0.2) is 0 Å². The molecule has 0 bridgehead atoms. The van der Waals surface area contributed by atoms with Crippen LogP contribution in [0.15, 0.2) is 0 Å². The molecule has 84 valence electrons. The average Bonchev–Trinajstić information content (AvgIpc) is 1.94. The minimum absolute atomic E-state index is 0.0834. The molecule has 0 rings (SSSR count). The van der Waals surface area contributed by atoms with Gasteiger partial charge in [-0.2, -0.15) is 0 Å². The van der Waals surface area contributed by atoms with Crippen LogP contribution < -0.4 is 5.32 Å². The van der Waals surface area contributed by atoms with Crippen molar-refractivity contribution in [3.63, 3.8) is 0 Å². The molecule has 0 saturated heterocycles. The molecule has 14 heavy (non-hydrogen) atoms. The monoisotopic (exact) mass is 223 g/mol. The van der Waals surface area contributed by atoms with Gasteiger partial charge >= 0.3 is 5.97 Å². The predicted molar refractivity (Wildman–Crippen MR) is 54.0 cm³/mol. The quantitative estimate of drug-likeness (QED) is 0.588. The number of nitrogens with one attached hydrogen (secondary N) is 1. The van der Waals surface area contributed by atoms with E-state index >= 15 is 0 Å². The van der Waals surface area contributed by atoms with Crippen LogP contribution in [-0.4, -0.2) is 44.1 Å². The summed E-state index contributed by atoms with van der Waals surface area (Å²) in [5.41, 5.74) is 0. The van der Waals surface area contributed by atoms with E-state index in [0.717, 1.165) is 0 Å². The van der Waals surface area contributed by atoms with Crippen molar-refractivity contribution in [1.29, 1.82) is 0 Å². The van der Waals surface area contributed by atoms with Crippen LogP contribution in [0.5, 0.6) is 0 Å². The van der Waals surface area contributed by atoms with Gasteiger partial charge in [-0.3, -0.25) is 4.79 Å². The fourth-order valence-corrected chi connectivity index (χ4v) is 2.13. The lowest BCUT2D eigenvalue weighted by Crippen LogP contribution is -2.33.